The van der Waals surface area contributed by atoms with Crippen molar-refractivity contribution in [3.05, 3.63) is 52.7 Å². The van der Waals surface area contributed by atoms with Crippen molar-refractivity contribution in [2.24, 2.45) is 0 Å². The van der Waals surface area contributed by atoms with Gasteiger partial charge in [-0.2, -0.15) is 4.90 Å². The third-order valence-corrected chi connectivity index (χ3v) is 3.77. The summed E-state index contributed by atoms with van der Waals surface area (Å²) < 4.78 is 0. The highest BCUT2D eigenvalue weighted by Gasteiger charge is 2.32. The number of benzene rings is 1. The fourth-order valence-corrected chi connectivity index (χ4v) is 2.66. The van der Waals surface area contributed by atoms with E-state index in [-0.39, 0.29) is 5.91 Å². The van der Waals surface area contributed by atoms with Gasteiger partial charge in [0.1, 0.15) is 6.54 Å². The molecular weight excluding hydrogens is 258 g/mol. The summed E-state index contributed by atoms with van der Waals surface area (Å²) in [6, 6.07) is 13.9. The monoisotopic (exact) mass is 272 g/mol. The molecule has 3 rings (SSSR count). The SMILES string of the molecule is O=C1C[NH+]=C(Nc2ccccc2)N1Cc1cccs1. The topological polar surface area (TPSA) is 46.3 Å². The first-order valence-corrected chi connectivity index (χ1v) is 6.96. The third-order valence-electron chi connectivity index (χ3n) is 2.91. The van der Waals surface area contributed by atoms with E-state index in [0.29, 0.717) is 13.1 Å². The van der Waals surface area contributed by atoms with Crippen molar-refractivity contribution < 1.29 is 9.79 Å². The molecule has 0 bridgehead atoms. The molecule has 2 N–H and O–H groups in total. The summed E-state index contributed by atoms with van der Waals surface area (Å²) in [7, 11) is 0. The van der Waals surface area contributed by atoms with Crippen LogP contribution in [0.15, 0.2) is 47.8 Å². The van der Waals surface area contributed by atoms with Gasteiger partial charge in [0.15, 0.2) is 6.54 Å². The highest BCUT2D eigenvalue weighted by Crippen LogP contribution is 2.13. The number of carbonyl (C=O) groups is 1. The molecule has 1 aromatic carbocycles. The molecule has 0 spiro atoms. The lowest BCUT2D eigenvalue weighted by Gasteiger charge is -2.11. The molecule has 4 nitrogen and oxygen atoms in total. The molecule has 1 amide bonds. The summed E-state index contributed by atoms with van der Waals surface area (Å²) in [6.45, 7) is 0.958. The number of hydrogen-bond acceptors (Lipinski definition) is 3. The number of hydrogen-bond donors (Lipinski definition) is 2. The molecule has 0 unspecified atom stereocenters. The van der Waals surface area contributed by atoms with E-state index in [0.717, 1.165) is 11.6 Å². The van der Waals surface area contributed by atoms with Gasteiger partial charge in [0, 0.05) is 4.88 Å². The van der Waals surface area contributed by atoms with Crippen LogP contribution >= 0.6 is 11.3 Å². The van der Waals surface area contributed by atoms with E-state index >= 15 is 0 Å². The fourth-order valence-electron chi connectivity index (χ4n) is 1.97. The largest absolute Gasteiger partial charge is 0.358 e. The van der Waals surface area contributed by atoms with E-state index < -0.39 is 0 Å². The molecule has 0 saturated heterocycles. The highest BCUT2D eigenvalue weighted by molar-refractivity contribution is 7.09. The average molecular weight is 272 g/mol. The summed E-state index contributed by atoms with van der Waals surface area (Å²) in [6.07, 6.45) is 0. The third kappa shape index (κ3) is 2.66. The van der Waals surface area contributed by atoms with Crippen molar-refractivity contribution in [2.45, 2.75) is 6.54 Å². The summed E-state index contributed by atoms with van der Waals surface area (Å²) in [5, 5.41) is 5.27. The minimum absolute atomic E-state index is 0.0897. The van der Waals surface area contributed by atoms with Crippen molar-refractivity contribution in [1.29, 1.82) is 0 Å². The zero-order valence-corrected chi connectivity index (χ0v) is 11.1. The number of para-hydroxylation sites is 1. The van der Waals surface area contributed by atoms with E-state index in [9.17, 15) is 4.79 Å². The Kier molecular flexibility index (Phi) is 3.29. The summed E-state index contributed by atoms with van der Waals surface area (Å²) >= 11 is 1.66. The van der Waals surface area contributed by atoms with Crippen molar-refractivity contribution >= 4 is 28.9 Å². The van der Waals surface area contributed by atoms with Gasteiger partial charge in [-0.3, -0.25) is 9.79 Å². The molecule has 5 heteroatoms. The summed E-state index contributed by atoms with van der Waals surface area (Å²) in [4.78, 5) is 17.9. The van der Waals surface area contributed by atoms with E-state index in [1.165, 1.54) is 4.88 Å². The molecule has 0 saturated carbocycles. The first-order valence-electron chi connectivity index (χ1n) is 6.08. The van der Waals surface area contributed by atoms with Crippen LogP contribution in [0.3, 0.4) is 0 Å². The molecule has 0 radical (unpaired) electrons. The van der Waals surface area contributed by atoms with Crippen LogP contribution in [-0.2, 0) is 11.3 Å². The molecule has 2 aromatic rings. The van der Waals surface area contributed by atoms with Gasteiger partial charge in [-0.25, -0.2) is 5.32 Å². The van der Waals surface area contributed by atoms with Crippen molar-refractivity contribution in [2.75, 3.05) is 11.9 Å². The van der Waals surface area contributed by atoms with E-state index in [1.807, 2.05) is 47.8 Å². The lowest BCUT2D eigenvalue weighted by molar-refractivity contribution is -0.438. The zero-order chi connectivity index (χ0) is 13.1. The second-order valence-electron chi connectivity index (χ2n) is 4.25. The van der Waals surface area contributed by atoms with Crippen LogP contribution < -0.4 is 10.3 Å². The number of thiophene rings is 1. The maximum Gasteiger partial charge on any atom is 0.358 e. The number of carbonyl (C=O) groups excluding carboxylic acids is 1. The molecular formula is C14H14N3OS+. The summed E-state index contributed by atoms with van der Waals surface area (Å²) in [5.74, 6) is 0.844. The number of nitrogens with zero attached hydrogens (tertiary/aromatic N) is 1. The summed E-state index contributed by atoms with van der Waals surface area (Å²) in [5.41, 5.74) is 0.968. The molecule has 1 aromatic heterocycles. The number of anilines is 1. The van der Waals surface area contributed by atoms with Crippen LogP contribution in [0.5, 0.6) is 0 Å². The number of rotatable bonds is 3. The molecule has 96 valence electrons. The molecule has 2 heterocycles. The Bertz CT molecular complexity index is 592. The van der Waals surface area contributed by atoms with Crippen LogP contribution in [0.2, 0.25) is 0 Å². The Morgan fingerprint density at radius 1 is 1.21 bits per heavy atom. The average Bonchev–Trinajstić information content (AvgIpc) is 3.05. The molecule has 0 aliphatic carbocycles. The zero-order valence-electron chi connectivity index (χ0n) is 10.3. The second kappa shape index (κ2) is 5.24. The van der Waals surface area contributed by atoms with Crippen molar-refractivity contribution in [3.8, 4) is 0 Å². The first kappa shape index (κ1) is 11.9. The molecule has 1 aliphatic heterocycles. The van der Waals surface area contributed by atoms with Gasteiger partial charge in [-0.05, 0) is 23.6 Å². The number of guanidine groups is 1. The Morgan fingerprint density at radius 3 is 2.79 bits per heavy atom. The van der Waals surface area contributed by atoms with Crippen LogP contribution in [0.1, 0.15) is 4.88 Å². The van der Waals surface area contributed by atoms with E-state index in [2.05, 4.69) is 10.3 Å². The standard InChI is InChI=1S/C14H13N3OS/c18-13-9-15-14(16-11-5-2-1-3-6-11)17(13)10-12-7-4-8-19-12/h1-8H,9-10H2,(H,15,16)/p+1. The smallest absolute Gasteiger partial charge is 0.266 e. The van der Waals surface area contributed by atoms with Gasteiger partial charge < -0.3 is 0 Å². The molecule has 1 aliphatic rings. The van der Waals surface area contributed by atoms with E-state index in [1.54, 1.807) is 16.2 Å². The Morgan fingerprint density at radius 2 is 2.05 bits per heavy atom. The van der Waals surface area contributed by atoms with Crippen LogP contribution in [0.4, 0.5) is 5.69 Å². The Balaban J connectivity index is 1.75. The molecule has 0 fully saturated rings. The van der Waals surface area contributed by atoms with Gasteiger partial charge in [-0.15, -0.1) is 11.3 Å². The Hall–Kier alpha value is -2.14. The molecule has 19 heavy (non-hydrogen) atoms. The maximum atomic E-state index is 11.9. The van der Waals surface area contributed by atoms with Gasteiger partial charge in [-0.1, -0.05) is 24.3 Å². The van der Waals surface area contributed by atoms with Gasteiger partial charge >= 0.3 is 11.9 Å². The lowest BCUT2D eigenvalue weighted by Crippen LogP contribution is -2.72. The van der Waals surface area contributed by atoms with Crippen molar-refractivity contribution in [1.82, 2.24) is 4.90 Å². The van der Waals surface area contributed by atoms with Gasteiger partial charge in [0.2, 0.25) is 0 Å². The van der Waals surface area contributed by atoms with Crippen LogP contribution in [0, 0.1) is 0 Å². The van der Waals surface area contributed by atoms with Crippen molar-refractivity contribution in [3.63, 3.8) is 0 Å². The molecule has 0 atom stereocenters. The van der Waals surface area contributed by atoms with E-state index in [4.69, 9.17) is 0 Å². The minimum atomic E-state index is 0.0897. The van der Waals surface area contributed by atoms with Gasteiger partial charge in [0.25, 0.3) is 0 Å². The predicted molar refractivity (Wildman–Crippen MR) is 75.8 cm³/mol. The van der Waals surface area contributed by atoms with Crippen LogP contribution in [0.25, 0.3) is 0 Å². The second-order valence-corrected chi connectivity index (χ2v) is 5.28. The lowest BCUT2D eigenvalue weighted by atomic mass is 10.3. The number of nitrogens with one attached hydrogen (secondary N) is 2. The van der Waals surface area contributed by atoms with Crippen LogP contribution in [-0.4, -0.2) is 23.3 Å². The first-order chi connectivity index (χ1) is 9.33. The fraction of sp³-hybridized carbons (Fsp3) is 0.143. The highest BCUT2D eigenvalue weighted by atomic mass is 32.1. The quantitative estimate of drug-likeness (QED) is 0.861. The number of amides is 1. The Labute approximate surface area is 115 Å². The normalized spacial score (nSPS) is 14.6. The predicted octanol–water partition coefficient (Wildman–Crippen LogP) is 0.639. The maximum absolute atomic E-state index is 11.9. The van der Waals surface area contributed by atoms with Gasteiger partial charge in [0.05, 0.1) is 5.69 Å². The minimum Gasteiger partial charge on any atom is -0.266 e.